The summed E-state index contributed by atoms with van der Waals surface area (Å²) in [5, 5.41) is 12.9. The standard InChI is InChI=1S/C16H14FN3O2S2/c1-10-7-11(4-5-12(10)17)8-18-14(21)9-24-16-20-19-15(22-16)13-3-2-6-23-13/h2-7H,8-9H2,1H3,(H,18,21). The number of aromatic nitrogens is 2. The molecule has 0 saturated carbocycles. The van der Waals surface area contributed by atoms with E-state index in [1.165, 1.54) is 29.2 Å². The Morgan fingerprint density at radius 1 is 1.38 bits per heavy atom. The summed E-state index contributed by atoms with van der Waals surface area (Å²) in [7, 11) is 0. The zero-order chi connectivity index (χ0) is 16.9. The van der Waals surface area contributed by atoms with Crippen LogP contribution >= 0.6 is 23.1 Å². The Morgan fingerprint density at radius 3 is 3.00 bits per heavy atom. The van der Waals surface area contributed by atoms with Crippen molar-refractivity contribution in [3.05, 3.63) is 52.7 Å². The molecular weight excluding hydrogens is 349 g/mol. The highest BCUT2D eigenvalue weighted by molar-refractivity contribution is 7.99. The van der Waals surface area contributed by atoms with Gasteiger partial charge in [0.15, 0.2) is 0 Å². The van der Waals surface area contributed by atoms with E-state index in [1.807, 2.05) is 17.5 Å². The SMILES string of the molecule is Cc1cc(CNC(=O)CSc2nnc(-c3cccs3)o2)ccc1F. The molecule has 1 amide bonds. The van der Waals surface area contributed by atoms with Crippen LogP contribution in [0, 0.1) is 12.7 Å². The molecule has 5 nitrogen and oxygen atoms in total. The zero-order valence-corrected chi connectivity index (χ0v) is 14.4. The van der Waals surface area contributed by atoms with Gasteiger partial charge in [0.1, 0.15) is 5.82 Å². The van der Waals surface area contributed by atoms with Crippen LogP contribution in [0.15, 0.2) is 45.4 Å². The number of amides is 1. The van der Waals surface area contributed by atoms with Gasteiger partial charge >= 0.3 is 0 Å². The normalized spacial score (nSPS) is 10.8. The lowest BCUT2D eigenvalue weighted by Crippen LogP contribution is -2.24. The van der Waals surface area contributed by atoms with Gasteiger partial charge in [0.25, 0.3) is 11.1 Å². The van der Waals surface area contributed by atoms with Crippen LogP contribution in [0.25, 0.3) is 10.8 Å². The minimum absolute atomic E-state index is 0.155. The zero-order valence-electron chi connectivity index (χ0n) is 12.8. The number of hydrogen-bond donors (Lipinski definition) is 1. The Morgan fingerprint density at radius 2 is 2.25 bits per heavy atom. The number of nitrogens with zero attached hydrogens (tertiary/aromatic N) is 2. The monoisotopic (exact) mass is 363 g/mol. The topological polar surface area (TPSA) is 68.0 Å². The molecule has 0 unspecified atom stereocenters. The van der Waals surface area contributed by atoms with Gasteiger partial charge in [0.05, 0.1) is 10.6 Å². The maximum absolute atomic E-state index is 13.2. The van der Waals surface area contributed by atoms with E-state index < -0.39 is 0 Å². The van der Waals surface area contributed by atoms with Crippen LogP contribution in [0.1, 0.15) is 11.1 Å². The van der Waals surface area contributed by atoms with E-state index in [-0.39, 0.29) is 17.5 Å². The molecule has 2 aromatic heterocycles. The molecule has 0 fully saturated rings. The quantitative estimate of drug-likeness (QED) is 0.677. The van der Waals surface area contributed by atoms with Crippen molar-refractivity contribution in [3.8, 4) is 10.8 Å². The van der Waals surface area contributed by atoms with Gasteiger partial charge in [-0.15, -0.1) is 21.5 Å². The van der Waals surface area contributed by atoms with Gasteiger partial charge in [-0.25, -0.2) is 4.39 Å². The Kier molecular flexibility index (Phi) is 5.27. The number of hydrogen-bond acceptors (Lipinski definition) is 6. The van der Waals surface area contributed by atoms with Crippen LogP contribution in [-0.2, 0) is 11.3 Å². The molecule has 0 bridgehead atoms. The molecular formula is C16H14FN3O2S2. The third-order valence-corrected chi connectivity index (χ3v) is 4.85. The summed E-state index contributed by atoms with van der Waals surface area (Å²) in [6, 6.07) is 8.57. The fraction of sp³-hybridized carbons (Fsp3) is 0.188. The molecule has 1 aromatic carbocycles. The third kappa shape index (κ3) is 4.21. The molecule has 0 saturated heterocycles. The van der Waals surface area contributed by atoms with Gasteiger partial charge in [-0.3, -0.25) is 4.79 Å². The second-order valence-corrected chi connectivity index (χ2v) is 6.87. The first kappa shape index (κ1) is 16.7. The molecule has 0 aliphatic rings. The summed E-state index contributed by atoms with van der Waals surface area (Å²) >= 11 is 2.69. The molecule has 8 heteroatoms. The highest BCUT2D eigenvalue weighted by Crippen LogP contribution is 2.26. The number of rotatable bonds is 6. The van der Waals surface area contributed by atoms with E-state index in [4.69, 9.17) is 4.42 Å². The molecule has 0 radical (unpaired) electrons. The molecule has 124 valence electrons. The first-order valence-electron chi connectivity index (χ1n) is 7.14. The molecule has 0 aliphatic heterocycles. The van der Waals surface area contributed by atoms with E-state index in [0.29, 0.717) is 23.2 Å². The van der Waals surface area contributed by atoms with Crippen molar-refractivity contribution < 1.29 is 13.6 Å². The number of carbonyl (C=O) groups excluding carboxylic acids is 1. The molecule has 0 aliphatic carbocycles. The molecule has 1 N–H and O–H groups in total. The van der Waals surface area contributed by atoms with Crippen molar-refractivity contribution in [1.82, 2.24) is 15.5 Å². The number of benzene rings is 1. The summed E-state index contributed by atoms with van der Waals surface area (Å²) in [5.74, 6) is 0.220. The smallest absolute Gasteiger partial charge is 0.277 e. The van der Waals surface area contributed by atoms with Crippen LogP contribution in [-0.4, -0.2) is 21.9 Å². The van der Waals surface area contributed by atoms with Gasteiger partial charge in [0, 0.05) is 6.54 Å². The fourth-order valence-corrected chi connectivity index (χ4v) is 3.20. The Labute approximate surface area is 146 Å². The van der Waals surface area contributed by atoms with Crippen molar-refractivity contribution in [1.29, 1.82) is 0 Å². The van der Waals surface area contributed by atoms with Crippen LogP contribution < -0.4 is 5.32 Å². The van der Waals surface area contributed by atoms with E-state index in [2.05, 4.69) is 15.5 Å². The maximum Gasteiger partial charge on any atom is 0.277 e. The lowest BCUT2D eigenvalue weighted by Gasteiger charge is -2.05. The van der Waals surface area contributed by atoms with Crippen molar-refractivity contribution >= 4 is 29.0 Å². The first-order valence-corrected chi connectivity index (χ1v) is 9.00. The molecule has 24 heavy (non-hydrogen) atoms. The number of nitrogens with one attached hydrogen (secondary N) is 1. The van der Waals surface area contributed by atoms with Crippen molar-refractivity contribution in [3.63, 3.8) is 0 Å². The average Bonchev–Trinajstić information content (AvgIpc) is 3.25. The molecule has 0 spiro atoms. The number of thioether (sulfide) groups is 1. The van der Waals surface area contributed by atoms with E-state index in [1.54, 1.807) is 19.1 Å². The van der Waals surface area contributed by atoms with Crippen LogP contribution in [0.3, 0.4) is 0 Å². The highest BCUT2D eigenvalue weighted by Gasteiger charge is 2.11. The largest absolute Gasteiger partial charge is 0.410 e. The van der Waals surface area contributed by atoms with Gasteiger partial charge < -0.3 is 9.73 Å². The molecule has 3 rings (SSSR count). The van der Waals surface area contributed by atoms with Crippen molar-refractivity contribution in [2.45, 2.75) is 18.7 Å². The van der Waals surface area contributed by atoms with E-state index >= 15 is 0 Å². The third-order valence-electron chi connectivity index (χ3n) is 3.18. The molecule has 2 heterocycles. The highest BCUT2D eigenvalue weighted by atomic mass is 32.2. The van der Waals surface area contributed by atoms with Crippen molar-refractivity contribution in [2.24, 2.45) is 0 Å². The van der Waals surface area contributed by atoms with E-state index in [0.717, 1.165) is 10.4 Å². The predicted octanol–water partition coefficient (Wildman–Crippen LogP) is 3.65. The summed E-state index contributed by atoms with van der Waals surface area (Å²) in [5.41, 5.74) is 1.41. The summed E-state index contributed by atoms with van der Waals surface area (Å²) in [6.07, 6.45) is 0. The predicted molar refractivity (Wildman–Crippen MR) is 91.3 cm³/mol. The molecule has 0 atom stereocenters. The van der Waals surface area contributed by atoms with Gasteiger partial charge in [0.2, 0.25) is 5.91 Å². The second kappa shape index (κ2) is 7.59. The fourth-order valence-electron chi connectivity index (χ4n) is 1.96. The Balaban J connectivity index is 1.48. The summed E-state index contributed by atoms with van der Waals surface area (Å²) in [6.45, 7) is 2.04. The summed E-state index contributed by atoms with van der Waals surface area (Å²) in [4.78, 5) is 12.8. The number of carbonyl (C=O) groups is 1. The van der Waals surface area contributed by atoms with Gasteiger partial charge in [-0.2, -0.15) is 0 Å². The average molecular weight is 363 g/mol. The Bertz CT molecular complexity index is 834. The minimum Gasteiger partial charge on any atom is -0.410 e. The Hall–Kier alpha value is -2.19. The molecule has 3 aromatic rings. The maximum atomic E-state index is 13.2. The van der Waals surface area contributed by atoms with Crippen molar-refractivity contribution in [2.75, 3.05) is 5.75 Å². The lowest BCUT2D eigenvalue weighted by molar-refractivity contribution is -0.118. The first-order chi connectivity index (χ1) is 11.6. The van der Waals surface area contributed by atoms with Crippen LogP contribution in [0.4, 0.5) is 4.39 Å². The lowest BCUT2D eigenvalue weighted by atomic mass is 10.1. The number of thiophene rings is 1. The van der Waals surface area contributed by atoms with Gasteiger partial charge in [-0.05, 0) is 35.6 Å². The van der Waals surface area contributed by atoms with Gasteiger partial charge in [-0.1, -0.05) is 30.0 Å². The number of aryl methyl sites for hydroxylation is 1. The minimum atomic E-state index is -0.251. The van der Waals surface area contributed by atoms with E-state index in [9.17, 15) is 9.18 Å². The summed E-state index contributed by atoms with van der Waals surface area (Å²) < 4.78 is 18.7. The second-order valence-electron chi connectivity index (χ2n) is 5.00. The van der Waals surface area contributed by atoms with Crippen LogP contribution in [0.2, 0.25) is 0 Å². The number of halogens is 1. The van der Waals surface area contributed by atoms with Crippen LogP contribution in [0.5, 0.6) is 0 Å².